The Hall–Kier alpha value is -1.42. The molecule has 1 aromatic rings. The minimum absolute atomic E-state index is 0.166. The van der Waals surface area contributed by atoms with E-state index in [4.69, 9.17) is 5.73 Å². The summed E-state index contributed by atoms with van der Waals surface area (Å²) in [6.07, 6.45) is 6.79. The van der Waals surface area contributed by atoms with Crippen LogP contribution in [-0.2, 0) is 11.2 Å². The van der Waals surface area contributed by atoms with Crippen molar-refractivity contribution in [3.8, 4) is 0 Å². The zero-order valence-corrected chi connectivity index (χ0v) is 10.9. The Morgan fingerprint density at radius 3 is 3.22 bits per heavy atom. The van der Waals surface area contributed by atoms with Gasteiger partial charge in [-0.2, -0.15) is 0 Å². The van der Waals surface area contributed by atoms with Crippen LogP contribution in [0.25, 0.3) is 0 Å². The first-order valence-electron chi connectivity index (χ1n) is 6.71. The van der Waals surface area contributed by atoms with Crippen molar-refractivity contribution in [2.24, 2.45) is 5.73 Å². The maximum atomic E-state index is 11.4. The number of aromatic nitrogens is 1. The van der Waals surface area contributed by atoms with Gasteiger partial charge in [0.2, 0.25) is 5.91 Å². The number of primary amides is 1. The molecule has 0 saturated heterocycles. The van der Waals surface area contributed by atoms with Crippen LogP contribution in [0.15, 0.2) is 18.3 Å². The molecule has 2 rings (SSSR count). The van der Waals surface area contributed by atoms with Crippen molar-refractivity contribution >= 4 is 5.91 Å². The van der Waals surface area contributed by atoms with Crippen molar-refractivity contribution in [3.05, 3.63) is 29.6 Å². The molecule has 0 aromatic carbocycles. The Balaban J connectivity index is 2.12. The molecule has 1 aliphatic rings. The lowest BCUT2D eigenvalue weighted by molar-refractivity contribution is -0.120. The summed E-state index contributed by atoms with van der Waals surface area (Å²) in [5.74, 6) is -0.264. The molecule has 1 aliphatic carbocycles. The molecule has 18 heavy (non-hydrogen) atoms. The first-order chi connectivity index (χ1) is 8.72. The Bertz CT molecular complexity index is 419. The molecule has 0 radical (unpaired) electrons. The van der Waals surface area contributed by atoms with Crippen molar-refractivity contribution < 1.29 is 4.79 Å². The fraction of sp³-hybridized carbons (Fsp3) is 0.571. The topological polar surface area (TPSA) is 68.0 Å². The molecule has 3 N–H and O–H groups in total. The SMILES string of the molecule is CCCC(NC1CCCc2cccnc21)C(N)=O. The molecule has 2 unspecified atom stereocenters. The number of rotatable bonds is 5. The summed E-state index contributed by atoms with van der Waals surface area (Å²) in [5, 5.41) is 3.38. The van der Waals surface area contributed by atoms with Crippen molar-refractivity contribution in [3.63, 3.8) is 0 Å². The maximum absolute atomic E-state index is 11.4. The minimum atomic E-state index is -0.264. The van der Waals surface area contributed by atoms with Gasteiger partial charge in [-0.15, -0.1) is 0 Å². The van der Waals surface area contributed by atoms with Gasteiger partial charge in [-0.3, -0.25) is 15.1 Å². The monoisotopic (exact) mass is 247 g/mol. The smallest absolute Gasteiger partial charge is 0.234 e. The fourth-order valence-corrected chi connectivity index (χ4v) is 2.61. The van der Waals surface area contributed by atoms with Gasteiger partial charge in [-0.1, -0.05) is 19.4 Å². The molecule has 98 valence electrons. The van der Waals surface area contributed by atoms with Crippen LogP contribution >= 0.6 is 0 Å². The van der Waals surface area contributed by atoms with E-state index in [1.807, 2.05) is 12.3 Å². The van der Waals surface area contributed by atoms with Crippen LogP contribution in [0.4, 0.5) is 0 Å². The number of nitrogens with one attached hydrogen (secondary N) is 1. The molecular weight excluding hydrogens is 226 g/mol. The van der Waals surface area contributed by atoms with E-state index in [2.05, 4.69) is 23.3 Å². The van der Waals surface area contributed by atoms with E-state index in [9.17, 15) is 4.79 Å². The average Bonchev–Trinajstić information content (AvgIpc) is 2.38. The average molecular weight is 247 g/mol. The Morgan fingerprint density at radius 1 is 1.67 bits per heavy atom. The van der Waals surface area contributed by atoms with E-state index < -0.39 is 0 Å². The summed E-state index contributed by atoms with van der Waals surface area (Å²) in [6, 6.07) is 4.01. The molecule has 1 aromatic heterocycles. The van der Waals surface area contributed by atoms with E-state index in [0.717, 1.165) is 37.8 Å². The lowest BCUT2D eigenvalue weighted by atomic mass is 9.91. The summed E-state index contributed by atoms with van der Waals surface area (Å²) < 4.78 is 0. The third-order valence-corrected chi connectivity index (χ3v) is 3.52. The number of nitrogens with zero attached hydrogens (tertiary/aromatic N) is 1. The number of aryl methyl sites for hydroxylation is 1. The summed E-state index contributed by atoms with van der Waals surface area (Å²) in [6.45, 7) is 2.06. The number of hydrogen-bond acceptors (Lipinski definition) is 3. The second kappa shape index (κ2) is 5.96. The molecule has 0 saturated carbocycles. The summed E-state index contributed by atoms with van der Waals surface area (Å²) in [5.41, 5.74) is 7.82. The summed E-state index contributed by atoms with van der Waals surface area (Å²) in [7, 11) is 0. The van der Waals surface area contributed by atoms with Crippen LogP contribution in [-0.4, -0.2) is 16.9 Å². The summed E-state index contributed by atoms with van der Waals surface area (Å²) in [4.78, 5) is 15.9. The number of pyridine rings is 1. The predicted octanol–water partition coefficient (Wildman–Crippen LogP) is 1.70. The molecule has 2 atom stereocenters. The van der Waals surface area contributed by atoms with Gasteiger partial charge in [0.05, 0.1) is 17.8 Å². The quantitative estimate of drug-likeness (QED) is 0.832. The predicted molar refractivity (Wildman–Crippen MR) is 70.9 cm³/mol. The van der Waals surface area contributed by atoms with Crippen LogP contribution in [0.5, 0.6) is 0 Å². The van der Waals surface area contributed by atoms with E-state index >= 15 is 0 Å². The zero-order valence-electron chi connectivity index (χ0n) is 10.9. The number of carbonyl (C=O) groups excluding carboxylic acids is 1. The van der Waals surface area contributed by atoms with Crippen molar-refractivity contribution in [2.75, 3.05) is 0 Å². The van der Waals surface area contributed by atoms with Crippen molar-refractivity contribution in [1.82, 2.24) is 10.3 Å². The normalized spacial score (nSPS) is 20.2. The van der Waals surface area contributed by atoms with E-state index in [-0.39, 0.29) is 18.0 Å². The molecule has 4 nitrogen and oxygen atoms in total. The van der Waals surface area contributed by atoms with Gasteiger partial charge in [-0.05, 0) is 37.3 Å². The van der Waals surface area contributed by atoms with Gasteiger partial charge in [0, 0.05) is 6.20 Å². The second-order valence-electron chi connectivity index (χ2n) is 4.90. The first-order valence-corrected chi connectivity index (χ1v) is 6.71. The highest BCUT2D eigenvalue weighted by molar-refractivity contribution is 5.79. The van der Waals surface area contributed by atoms with Crippen molar-refractivity contribution in [2.45, 2.75) is 51.1 Å². The Morgan fingerprint density at radius 2 is 2.50 bits per heavy atom. The number of hydrogen-bond donors (Lipinski definition) is 2. The van der Waals surface area contributed by atoms with Crippen LogP contribution in [0, 0.1) is 0 Å². The molecule has 1 heterocycles. The van der Waals surface area contributed by atoms with Gasteiger partial charge in [0.15, 0.2) is 0 Å². The van der Waals surface area contributed by atoms with Crippen LogP contribution in [0.2, 0.25) is 0 Å². The molecule has 0 spiro atoms. The minimum Gasteiger partial charge on any atom is -0.368 e. The third-order valence-electron chi connectivity index (χ3n) is 3.52. The van der Waals surface area contributed by atoms with E-state index in [1.54, 1.807) is 0 Å². The van der Waals surface area contributed by atoms with Gasteiger partial charge < -0.3 is 5.73 Å². The van der Waals surface area contributed by atoms with Crippen LogP contribution in [0.3, 0.4) is 0 Å². The number of fused-ring (bicyclic) bond motifs is 1. The zero-order chi connectivity index (χ0) is 13.0. The molecule has 0 fully saturated rings. The standard InChI is InChI=1S/C14H21N3O/c1-2-5-12(14(15)18)17-11-8-3-6-10-7-4-9-16-13(10)11/h4,7,9,11-12,17H,2-3,5-6,8H2,1H3,(H2,15,18). The van der Waals surface area contributed by atoms with Gasteiger partial charge in [0.25, 0.3) is 0 Å². The molecule has 4 heteroatoms. The highest BCUT2D eigenvalue weighted by atomic mass is 16.1. The summed E-state index contributed by atoms with van der Waals surface area (Å²) >= 11 is 0. The van der Waals surface area contributed by atoms with Gasteiger partial charge in [-0.25, -0.2) is 0 Å². The second-order valence-corrected chi connectivity index (χ2v) is 4.90. The lowest BCUT2D eigenvalue weighted by Crippen LogP contribution is -2.44. The Labute approximate surface area is 108 Å². The van der Waals surface area contributed by atoms with Gasteiger partial charge >= 0.3 is 0 Å². The molecule has 0 aliphatic heterocycles. The van der Waals surface area contributed by atoms with Crippen LogP contribution < -0.4 is 11.1 Å². The third kappa shape index (κ3) is 2.88. The Kier molecular flexibility index (Phi) is 4.31. The molecule has 1 amide bonds. The maximum Gasteiger partial charge on any atom is 0.234 e. The van der Waals surface area contributed by atoms with Crippen molar-refractivity contribution in [1.29, 1.82) is 0 Å². The number of nitrogens with two attached hydrogens (primary N) is 1. The molecular formula is C14H21N3O. The molecule has 0 bridgehead atoms. The van der Waals surface area contributed by atoms with E-state index in [1.165, 1.54) is 5.56 Å². The number of amides is 1. The largest absolute Gasteiger partial charge is 0.368 e. The fourth-order valence-electron chi connectivity index (χ4n) is 2.61. The number of carbonyl (C=O) groups is 1. The first kappa shape index (κ1) is 13.0. The highest BCUT2D eigenvalue weighted by Crippen LogP contribution is 2.28. The van der Waals surface area contributed by atoms with Crippen LogP contribution in [0.1, 0.15) is 49.9 Å². The lowest BCUT2D eigenvalue weighted by Gasteiger charge is -2.28. The highest BCUT2D eigenvalue weighted by Gasteiger charge is 2.25. The van der Waals surface area contributed by atoms with E-state index in [0.29, 0.717) is 0 Å². The van der Waals surface area contributed by atoms with Gasteiger partial charge in [0.1, 0.15) is 0 Å².